The SMILES string of the molecule is CCOP(=O)(OCC)C(C(=O)OC(C(=O)NC(C)(C)C)C(=O)c1ccccc1)c1ccccc1. The summed E-state index contributed by atoms with van der Waals surface area (Å²) in [5.74, 6) is -2.55. The van der Waals surface area contributed by atoms with E-state index in [1.807, 2.05) is 0 Å². The first-order chi connectivity index (χ1) is 16.0. The van der Waals surface area contributed by atoms with Crippen molar-refractivity contribution in [3.63, 3.8) is 0 Å². The number of carbonyl (C=O) groups excluding carboxylic acids is 3. The van der Waals surface area contributed by atoms with Crippen LogP contribution in [-0.2, 0) is 27.9 Å². The second-order valence-electron chi connectivity index (χ2n) is 8.48. The molecule has 0 heterocycles. The Bertz CT molecular complexity index is 1010. The Balaban J connectivity index is 2.50. The van der Waals surface area contributed by atoms with Gasteiger partial charge >= 0.3 is 13.6 Å². The Morgan fingerprint density at radius 1 is 0.882 bits per heavy atom. The highest BCUT2D eigenvalue weighted by molar-refractivity contribution is 7.55. The average molecular weight is 490 g/mol. The minimum absolute atomic E-state index is 0.0186. The summed E-state index contributed by atoms with van der Waals surface area (Å²) < 4.78 is 30.0. The summed E-state index contributed by atoms with van der Waals surface area (Å²) in [5.41, 5.74) is -1.66. The number of esters is 1. The summed E-state index contributed by atoms with van der Waals surface area (Å²) in [7, 11) is -4.05. The Hall–Kier alpha value is -2.80. The van der Waals surface area contributed by atoms with Gasteiger partial charge in [-0.05, 0) is 40.2 Å². The number of benzene rings is 2. The first-order valence-corrected chi connectivity index (χ1v) is 12.7. The van der Waals surface area contributed by atoms with E-state index >= 15 is 0 Å². The summed E-state index contributed by atoms with van der Waals surface area (Å²) in [4.78, 5) is 39.7. The number of hydrogen-bond acceptors (Lipinski definition) is 7. The van der Waals surface area contributed by atoms with Crippen molar-refractivity contribution < 1.29 is 32.7 Å². The molecule has 0 saturated carbocycles. The van der Waals surface area contributed by atoms with Gasteiger partial charge < -0.3 is 19.1 Å². The number of hydrogen-bond donors (Lipinski definition) is 1. The molecule has 184 valence electrons. The fourth-order valence-electron chi connectivity index (χ4n) is 3.22. The number of nitrogens with one attached hydrogen (secondary N) is 1. The van der Waals surface area contributed by atoms with Crippen LogP contribution in [0.5, 0.6) is 0 Å². The lowest BCUT2D eigenvalue weighted by molar-refractivity contribution is -0.153. The molecule has 1 N–H and O–H groups in total. The molecule has 0 aliphatic heterocycles. The van der Waals surface area contributed by atoms with E-state index < -0.39 is 42.6 Å². The van der Waals surface area contributed by atoms with Crippen molar-refractivity contribution in [1.82, 2.24) is 5.32 Å². The van der Waals surface area contributed by atoms with E-state index in [1.54, 1.807) is 83.1 Å². The summed E-state index contributed by atoms with van der Waals surface area (Å²) in [6, 6.07) is 16.3. The Morgan fingerprint density at radius 3 is 1.85 bits per heavy atom. The summed E-state index contributed by atoms with van der Waals surface area (Å²) in [6.45, 7) is 8.50. The maximum atomic E-state index is 13.6. The molecule has 0 fully saturated rings. The van der Waals surface area contributed by atoms with Gasteiger partial charge in [-0.15, -0.1) is 0 Å². The molecule has 0 saturated heterocycles. The molecule has 0 aliphatic carbocycles. The maximum Gasteiger partial charge on any atom is 0.349 e. The van der Waals surface area contributed by atoms with Crippen LogP contribution in [0, 0.1) is 0 Å². The molecular weight excluding hydrogens is 457 g/mol. The number of ether oxygens (including phenoxy) is 1. The first kappa shape index (κ1) is 27.4. The Morgan fingerprint density at radius 2 is 1.38 bits per heavy atom. The van der Waals surface area contributed by atoms with E-state index in [4.69, 9.17) is 13.8 Å². The fourth-order valence-corrected chi connectivity index (χ4v) is 5.17. The molecule has 2 unspecified atom stereocenters. The van der Waals surface area contributed by atoms with Crippen molar-refractivity contribution in [2.75, 3.05) is 13.2 Å². The second kappa shape index (κ2) is 12.1. The van der Waals surface area contributed by atoms with Gasteiger partial charge in [0.15, 0.2) is 5.66 Å². The molecule has 2 aromatic rings. The van der Waals surface area contributed by atoms with Crippen LogP contribution in [-0.4, -0.2) is 42.5 Å². The zero-order valence-electron chi connectivity index (χ0n) is 20.1. The first-order valence-electron chi connectivity index (χ1n) is 11.1. The highest BCUT2D eigenvalue weighted by Gasteiger charge is 2.46. The average Bonchev–Trinajstić information content (AvgIpc) is 2.77. The van der Waals surface area contributed by atoms with E-state index in [-0.39, 0.29) is 18.8 Å². The van der Waals surface area contributed by atoms with Crippen LogP contribution in [0.1, 0.15) is 56.2 Å². The van der Waals surface area contributed by atoms with Gasteiger partial charge in [-0.25, -0.2) is 0 Å². The molecular formula is C25H32NO7P. The third kappa shape index (κ3) is 7.35. The molecule has 2 rings (SSSR count). The lowest BCUT2D eigenvalue weighted by Gasteiger charge is -2.28. The number of ketones is 1. The molecule has 0 bridgehead atoms. The van der Waals surface area contributed by atoms with E-state index in [9.17, 15) is 18.9 Å². The summed E-state index contributed by atoms with van der Waals surface area (Å²) in [5, 5.41) is 2.67. The van der Waals surface area contributed by atoms with Crippen LogP contribution < -0.4 is 5.32 Å². The lowest BCUT2D eigenvalue weighted by Crippen LogP contribution is -2.50. The van der Waals surface area contributed by atoms with Crippen molar-refractivity contribution in [2.24, 2.45) is 0 Å². The molecule has 1 amide bonds. The minimum Gasteiger partial charge on any atom is -0.443 e. The van der Waals surface area contributed by atoms with Crippen molar-refractivity contribution in [3.05, 3.63) is 71.8 Å². The van der Waals surface area contributed by atoms with Crippen LogP contribution in [0.15, 0.2) is 60.7 Å². The van der Waals surface area contributed by atoms with Gasteiger partial charge in [-0.3, -0.25) is 18.9 Å². The van der Waals surface area contributed by atoms with Gasteiger partial charge in [0, 0.05) is 11.1 Å². The van der Waals surface area contributed by atoms with Gasteiger partial charge in [0.25, 0.3) is 5.91 Å². The predicted octanol–water partition coefficient (Wildman–Crippen LogP) is 4.70. The Kier molecular flexibility index (Phi) is 9.74. The summed E-state index contributed by atoms with van der Waals surface area (Å²) in [6.07, 6.45) is -1.79. The molecule has 8 nitrogen and oxygen atoms in total. The van der Waals surface area contributed by atoms with Crippen LogP contribution >= 0.6 is 7.60 Å². The monoisotopic (exact) mass is 489 g/mol. The second-order valence-corrected chi connectivity index (χ2v) is 10.6. The van der Waals surface area contributed by atoms with Crippen molar-refractivity contribution in [3.8, 4) is 0 Å². The van der Waals surface area contributed by atoms with Crippen molar-refractivity contribution >= 4 is 25.3 Å². The standard InChI is InChI=1S/C25H32NO7P/c1-6-31-34(30,32-7-2)22(19-16-12-9-13-17-19)24(29)33-21(23(28)26-25(3,4)5)20(27)18-14-10-8-11-15-18/h8-17,21-22H,6-7H2,1-5H3,(H,26,28). The zero-order chi connectivity index (χ0) is 25.4. The normalized spacial score (nSPS) is 13.6. The van der Waals surface area contributed by atoms with E-state index in [2.05, 4.69) is 5.32 Å². The van der Waals surface area contributed by atoms with E-state index in [0.29, 0.717) is 5.56 Å². The molecule has 2 aromatic carbocycles. The van der Waals surface area contributed by atoms with Gasteiger partial charge in [0.1, 0.15) is 0 Å². The minimum atomic E-state index is -4.05. The highest BCUT2D eigenvalue weighted by Crippen LogP contribution is 2.61. The van der Waals surface area contributed by atoms with Gasteiger partial charge in [0.2, 0.25) is 11.9 Å². The zero-order valence-corrected chi connectivity index (χ0v) is 21.0. The number of amides is 1. The number of Topliss-reactive ketones (excluding diaryl/α,β-unsaturated/α-hetero) is 1. The van der Waals surface area contributed by atoms with Crippen LogP contribution in [0.4, 0.5) is 0 Å². The lowest BCUT2D eigenvalue weighted by atomic mass is 10.0. The predicted molar refractivity (Wildman–Crippen MR) is 129 cm³/mol. The Labute approximate surface area is 200 Å². The molecule has 9 heteroatoms. The maximum absolute atomic E-state index is 13.6. The van der Waals surface area contributed by atoms with Crippen molar-refractivity contribution in [2.45, 2.75) is 51.9 Å². The van der Waals surface area contributed by atoms with Gasteiger partial charge in [0.05, 0.1) is 13.2 Å². The largest absolute Gasteiger partial charge is 0.443 e. The number of rotatable bonds is 11. The molecule has 0 radical (unpaired) electrons. The molecule has 34 heavy (non-hydrogen) atoms. The highest BCUT2D eigenvalue weighted by atomic mass is 31.2. The summed E-state index contributed by atoms with van der Waals surface area (Å²) >= 11 is 0. The molecule has 0 aliphatic rings. The smallest absolute Gasteiger partial charge is 0.349 e. The third-order valence-electron chi connectivity index (χ3n) is 4.54. The van der Waals surface area contributed by atoms with E-state index in [0.717, 1.165) is 0 Å². The topological polar surface area (TPSA) is 108 Å². The molecule has 2 atom stereocenters. The van der Waals surface area contributed by atoms with Crippen LogP contribution in [0.25, 0.3) is 0 Å². The molecule has 0 spiro atoms. The van der Waals surface area contributed by atoms with Crippen LogP contribution in [0.3, 0.4) is 0 Å². The quantitative estimate of drug-likeness (QED) is 0.211. The van der Waals surface area contributed by atoms with Crippen LogP contribution in [0.2, 0.25) is 0 Å². The van der Waals surface area contributed by atoms with Gasteiger partial charge in [-0.2, -0.15) is 0 Å². The van der Waals surface area contributed by atoms with Crippen molar-refractivity contribution in [1.29, 1.82) is 0 Å². The van der Waals surface area contributed by atoms with E-state index in [1.165, 1.54) is 12.1 Å². The fraction of sp³-hybridized carbons (Fsp3) is 0.400. The third-order valence-corrected chi connectivity index (χ3v) is 6.92. The van der Waals surface area contributed by atoms with Gasteiger partial charge in [-0.1, -0.05) is 60.7 Å². The molecule has 0 aromatic heterocycles. The number of carbonyl (C=O) groups is 3.